The molecule has 0 aromatic carbocycles. The van der Waals surface area contributed by atoms with E-state index >= 15 is 0 Å². The summed E-state index contributed by atoms with van der Waals surface area (Å²) < 4.78 is 21.8. The third kappa shape index (κ3) is 3.01. The molecule has 2 aromatic heterocycles. The number of aromatic amines is 1. The van der Waals surface area contributed by atoms with Gasteiger partial charge in [0.1, 0.15) is 5.82 Å². The molecule has 3 heterocycles. The van der Waals surface area contributed by atoms with E-state index in [4.69, 9.17) is 4.74 Å². The molecule has 1 atom stereocenters. The van der Waals surface area contributed by atoms with Gasteiger partial charge in [-0.2, -0.15) is 9.46 Å². The van der Waals surface area contributed by atoms with Gasteiger partial charge in [0, 0.05) is 34.9 Å². The van der Waals surface area contributed by atoms with Gasteiger partial charge < -0.3 is 9.64 Å². The van der Waals surface area contributed by atoms with Crippen molar-refractivity contribution in [1.29, 1.82) is 0 Å². The lowest BCUT2D eigenvalue weighted by molar-refractivity contribution is 0.0986. The van der Waals surface area contributed by atoms with Crippen molar-refractivity contribution < 1.29 is 8.95 Å². The van der Waals surface area contributed by atoms with Gasteiger partial charge in [-0.3, -0.25) is 5.10 Å². The fraction of sp³-hybridized carbons (Fsp3) is 0.538. The fourth-order valence-corrected chi connectivity index (χ4v) is 3.05. The number of nitrogens with one attached hydrogen (secondary N) is 1. The van der Waals surface area contributed by atoms with Crippen molar-refractivity contribution in [3.05, 3.63) is 12.3 Å². The van der Waals surface area contributed by atoms with Gasteiger partial charge in [0.05, 0.1) is 36.5 Å². The zero-order valence-electron chi connectivity index (χ0n) is 12.4. The average molecular weight is 309 g/mol. The number of nitrogens with zero attached hydrogens (tertiary/aromatic N) is 4. The molecule has 2 aromatic rings. The minimum atomic E-state index is -2.25. The monoisotopic (exact) mass is 309 g/mol. The van der Waals surface area contributed by atoms with Crippen LogP contribution < -0.4 is 4.90 Å². The summed E-state index contributed by atoms with van der Waals surface area (Å²) in [6.45, 7) is 4.23. The molecule has 1 saturated heterocycles. The van der Waals surface area contributed by atoms with Crippen LogP contribution in [0.2, 0.25) is 0 Å². The number of H-pyrrole nitrogens is 1. The smallest absolute Gasteiger partial charge is 0.159 e. The molecule has 1 aliphatic rings. The Bertz CT molecular complexity index is 770. The van der Waals surface area contributed by atoms with E-state index in [1.54, 1.807) is 18.7 Å². The van der Waals surface area contributed by atoms with Gasteiger partial charge in [0.25, 0.3) is 0 Å². The number of morpholine rings is 1. The Morgan fingerprint density at radius 3 is 3.05 bits per heavy atom. The zero-order valence-corrected chi connectivity index (χ0v) is 13.2. The van der Waals surface area contributed by atoms with Crippen LogP contribution in [0, 0.1) is 0 Å². The second kappa shape index (κ2) is 5.27. The molecule has 7 nitrogen and oxygen atoms in total. The van der Waals surface area contributed by atoms with Gasteiger partial charge in [-0.1, -0.05) is 0 Å². The normalized spacial score (nSPS) is 20.0. The van der Waals surface area contributed by atoms with Crippen LogP contribution in [0.15, 0.2) is 16.6 Å². The molecule has 21 heavy (non-hydrogen) atoms. The number of pyridine rings is 1. The maximum absolute atomic E-state index is 12.0. The van der Waals surface area contributed by atoms with E-state index in [1.807, 2.05) is 6.07 Å². The van der Waals surface area contributed by atoms with Crippen LogP contribution in [0.3, 0.4) is 0 Å². The molecule has 1 fully saturated rings. The van der Waals surface area contributed by atoms with Crippen molar-refractivity contribution in [3.63, 3.8) is 0 Å². The van der Waals surface area contributed by atoms with Crippen molar-refractivity contribution in [1.82, 2.24) is 15.2 Å². The molecule has 0 amide bonds. The molecule has 0 aliphatic carbocycles. The van der Waals surface area contributed by atoms with E-state index in [9.17, 15) is 4.21 Å². The van der Waals surface area contributed by atoms with Gasteiger partial charge in [0.2, 0.25) is 0 Å². The zero-order chi connectivity index (χ0) is 15.0. The maximum atomic E-state index is 12.0. The highest BCUT2D eigenvalue weighted by Crippen LogP contribution is 2.30. The van der Waals surface area contributed by atoms with Crippen LogP contribution >= 0.6 is 0 Å². The Hall–Kier alpha value is -1.67. The maximum Gasteiger partial charge on any atom is 0.159 e. The standard InChI is InChI=1S/C13H19N5O2S/c1-9-8-20-5-4-18(9)12-6-11(17-21(2,3)19)10-7-14-16-13(10)15-12/h6-7,9H,4-5,8H2,1-3H3,(H,14,15,16)/t9-/m1/s1. The molecule has 8 heteroatoms. The summed E-state index contributed by atoms with van der Waals surface area (Å²) in [6.07, 6.45) is 4.91. The molecule has 1 N–H and O–H groups in total. The highest BCUT2D eigenvalue weighted by Gasteiger charge is 2.21. The third-order valence-electron chi connectivity index (χ3n) is 3.37. The van der Waals surface area contributed by atoms with Crippen molar-refractivity contribution in [2.75, 3.05) is 37.2 Å². The predicted octanol–water partition coefficient (Wildman–Crippen LogP) is 1.54. The summed E-state index contributed by atoms with van der Waals surface area (Å²) >= 11 is 0. The van der Waals surface area contributed by atoms with Gasteiger partial charge in [-0.25, -0.2) is 9.19 Å². The van der Waals surface area contributed by atoms with Crippen LogP contribution in [0.4, 0.5) is 11.5 Å². The molecule has 0 radical (unpaired) electrons. The summed E-state index contributed by atoms with van der Waals surface area (Å²) in [7, 11) is -2.25. The van der Waals surface area contributed by atoms with Crippen LogP contribution in [0.25, 0.3) is 11.0 Å². The molecule has 0 bridgehead atoms. The third-order valence-corrected chi connectivity index (χ3v) is 4.00. The van der Waals surface area contributed by atoms with Crippen molar-refractivity contribution in [3.8, 4) is 0 Å². The number of aromatic nitrogens is 3. The summed E-state index contributed by atoms with van der Waals surface area (Å²) in [5.41, 5.74) is 1.33. The van der Waals surface area contributed by atoms with E-state index in [-0.39, 0.29) is 6.04 Å². The van der Waals surface area contributed by atoms with Gasteiger partial charge >= 0.3 is 0 Å². The Morgan fingerprint density at radius 2 is 2.33 bits per heavy atom. The molecule has 0 unspecified atom stereocenters. The van der Waals surface area contributed by atoms with E-state index in [1.165, 1.54) is 0 Å². The number of fused-ring (bicyclic) bond motifs is 1. The van der Waals surface area contributed by atoms with E-state index in [0.29, 0.717) is 24.5 Å². The summed E-state index contributed by atoms with van der Waals surface area (Å²) in [5.74, 6) is 0.810. The minimum absolute atomic E-state index is 0.243. The van der Waals surface area contributed by atoms with E-state index < -0.39 is 9.73 Å². The van der Waals surface area contributed by atoms with Crippen molar-refractivity contribution in [2.45, 2.75) is 13.0 Å². The van der Waals surface area contributed by atoms with E-state index in [2.05, 4.69) is 31.4 Å². The molecule has 1 aliphatic heterocycles. The number of hydrogen-bond acceptors (Lipinski definition) is 6. The number of rotatable bonds is 2. The minimum Gasteiger partial charge on any atom is -0.377 e. The first-order valence-electron chi connectivity index (χ1n) is 6.80. The fourth-order valence-electron chi connectivity index (χ4n) is 2.43. The number of ether oxygens (including phenoxy) is 1. The Balaban J connectivity index is 2.14. The molecule has 0 spiro atoms. The topological polar surface area (TPSA) is 83.5 Å². The first-order valence-corrected chi connectivity index (χ1v) is 9.13. The Kier molecular flexibility index (Phi) is 3.58. The summed E-state index contributed by atoms with van der Waals surface area (Å²) in [5, 5.41) is 7.67. The SMILES string of the molecule is C[C@@H]1COCCN1c1cc(N=S(C)(C)=O)c2cn[nH]c2n1. The molecule has 114 valence electrons. The second-order valence-corrected chi connectivity index (χ2v) is 8.07. The lowest BCUT2D eigenvalue weighted by atomic mass is 10.2. The number of anilines is 1. The summed E-state index contributed by atoms with van der Waals surface area (Å²) in [4.78, 5) is 6.78. The highest BCUT2D eigenvalue weighted by atomic mass is 32.2. The van der Waals surface area contributed by atoms with Gasteiger partial charge in [-0.15, -0.1) is 0 Å². The molecular weight excluding hydrogens is 290 g/mol. The van der Waals surface area contributed by atoms with Crippen molar-refractivity contribution in [2.24, 2.45) is 4.36 Å². The van der Waals surface area contributed by atoms with Crippen LogP contribution in [-0.4, -0.2) is 57.7 Å². The molecule has 3 rings (SSSR count). The Morgan fingerprint density at radius 1 is 1.52 bits per heavy atom. The lowest BCUT2D eigenvalue weighted by Crippen LogP contribution is -2.44. The largest absolute Gasteiger partial charge is 0.377 e. The van der Waals surface area contributed by atoms with Crippen LogP contribution in [0.1, 0.15) is 6.92 Å². The number of hydrogen-bond donors (Lipinski definition) is 1. The van der Waals surface area contributed by atoms with Crippen molar-refractivity contribution >= 4 is 32.3 Å². The van der Waals surface area contributed by atoms with Crippen LogP contribution in [0.5, 0.6) is 0 Å². The van der Waals surface area contributed by atoms with Gasteiger partial charge in [0.15, 0.2) is 5.65 Å². The van der Waals surface area contributed by atoms with Gasteiger partial charge in [-0.05, 0) is 6.92 Å². The summed E-state index contributed by atoms with van der Waals surface area (Å²) in [6, 6.07) is 2.12. The average Bonchev–Trinajstić information content (AvgIpc) is 2.86. The highest BCUT2D eigenvalue weighted by molar-refractivity contribution is 7.92. The molecule has 0 saturated carbocycles. The van der Waals surface area contributed by atoms with Crippen LogP contribution in [-0.2, 0) is 14.5 Å². The quantitative estimate of drug-likeness (QED) is 0.910. The first-order chi connectivity index (χ1) is 9.94. The molecular formula is C13H19N5O2S. The Labute approximate surface area is 123 Å². The predicted molar refractivity (Wildman–Crippen MR) is 83.6 cm³/mol. The second-order valence-electron chi connectivity index (χ2n) is 5.52. The first kappa shape index (κ1) is 14.3. The lowest BCUT2D eigenvalue weighted by Gasteiger charge is -2.34. The van der Waals surface area contributed by atoms with E-state index in [0.717, 1.165) is 17.7 Å².